The lowest BCUT2D eigenvalue weighted by atomic mass is 9.96. The first-order valence-corrected chi connectivity index (χ1v) is 9.79. The standard InChI is InChI=1S/C21H23N5O4/c1-29-26-18-5-3-2-4-14(18)11-23-19(27)8-9-22-20(28)12-30-15-6-7-17-16(10-15)21(26)25-13-24-17/h2,4,6-7,10-11,13,18H,3,5,8-9,12H2,1H3,(H,22,28)(H,23,27). The number of carbonyl (C=O) groups excluding carboxylic acids is 2. The summed E-state index contributed by atoms with van der Waals surface area (Å²) < 4.78 is 5.63. The first-order chi connectivity index (χ1) is 14.7. The maximum Gasteiger partial charge on any atom is 0.257 e. The second kappa shape index (κ2) is 8.91. The first-order valence-electron chi connectivity index (χ1n) is 9.79. The number of rotatable bonds is 1. The predicted octanol–water partition coefficient (Wildman–Crippen LogP) is 1.61. The van der Waals surface area contributed by atoms with Crippen LogP contribution in [0, 0.1) is 0 Å². The fourth-order valence-electron chi connectivity index (χ4n) is 3.55. The van der Waals surface area contributed by atoms with Crippen molar-refractivity contribution < 1.29 is 19.2 Å². The molecule has 0 radical (unpaired) electrons. The Hall–Kier alpha value is -3.46. The van der Waals surface area contributed by atoms with Crippen LogP contribution in [0.2, 0.25) is 0 Å². The topological polar surface area (TPSA) is 106 Å². The van der Waals surface area contributed by atoms with Crippen molar-refractivity contribution in [3.05, 3.63) is 48.5 Å². The Labute approximate surface area is 173 Å². The summed E-state index contributed by atoms with van der Waals surface area (Å²) in [7, 11) is 1.59. The van der Waals surface area contributed by atoms with Crippen LogP contribution >= 0.6 is 0 Å². The Morgan fingerprint density at radius 2 is 2.13 bits per heavy atom. The summed E-state index contributed by atoms with van der Waals surface area (Å²) in [6.45, 7) is 0.0813. The zero-order valence-corrected chi connectivity index (χ0v) is 16.6. The van der Waals surface area contributed by atoms with Crippen LogP contribution in [-0.4, -0.2) is 48.1 Å². The molecule has 2 bridgehead atoms. The number of hydrogen-bond donors (Lipinski definition) is 2. The summed E-state index contributed by atoms with van der Waals surface area (Å²) in [4.78, 5) is 38.7. The zero-order chi connectivity index (χ0) is 20.9. The van der Waals surface area contributed by atoms with Gasteiger partial charge in [-0.15, -0.1) is 0 Å². The largest absolute Gasteiger partial charge is 0.484 e. The quantitative estimate of drug-likeness (QED) is 0.737. The molecule has 1 aromatic carbocycles. The van der Waals surface area contributed by atoms with Crippen LogP contribution in [0.15, 0.2) is 48.5 Å². The van der Waals surface area contributed by atoms with Gasteiger partial charge in [-0.25, -0.2) is 15.0 Å². The molecule has 156 valence electrons. The lowest BCUT2D eigenvalue weighted by Crippen LogP contribution is -2.38. The van der Waals surface area contributed by atoms with E-state index < -0.39 is 0 Å². The van der Waals surface area contributed by atoms with E-state index in [-0.39, 0.29) is 37.4 Å². The van der Waals surface area contributed by atoms with Crippen molar-refractivity contribution in [2.45, 2.75) is 25.3 Å². The third kappa shape index (κ3) is 4.25. The molecule has 30 heavy (non-hydrogen) atoms. The Morgan fingerprint density at radius 3 is 3.00 bits per heavy atom. The van der Waals surface area contributed by atoms with Crippen LogP contribution in [0.1, 0.15) is 19.3 Å². The van der Waals surface area contributed by atoms with Gasteiger partial charge in [0, 0.05) is 24.6 Å². The van der Waals surface area contributed by atoms with Gasteiger partial charge < -0.3 is 15.4 Å². The highest BCUT2D eigenvalue weighted by Gasteiger charge is 2.27. The number of hydrogen-bond acceptors (Lipinski definition) is 7. The van der Waals surface area contributed by atoms with Gasteiger partial charge in [0.25, 0.3) is 5.91 Å². The van der Waals surface area contributed by atoms with E-state index in [1.807, 2.05) is 12.1 Å². The van der Waals surface area contributed by atoms with Crippen LogP contribution in [-0.2, 0) is 14.4 Å². The smallest absolute Gasteiger partial charge is 0.257 e. The van der Waals surface area contributed by atoms with E-state index >= 15 is 0 Å². The Balaban J connectivity index is 1.80. The maximum atomic E-state index is 12.2. The average molecular weight is 409 g/mol. The predicted molar refractivity (Wildman–Crippen MR) is 111 cm³/mol. The highest BCUT2D eigenvalue weighted by atomic mass is 16.7. The summed E-state index contributed by atoms with van der Waals surface area (Å²) in [6, 6.07) is 5.24. The van der Waals surface area contributed by atoms with Gasteiger partial charge in [0.2, 0.25) is 5.91 Å². The molecule has 0 saturated heterocycles. The molecule has 1 atom stereocenters. The average Bonchev–Trinajstić information content (AvgIpc) is 2.77. The maximum absolute atomic E-state index is 12.2. The first kappa shape index (κ1) is 19.8. The number of hydroxylamine groups is 1. The summed E-state index contributed by atoms with van der Waals surface area (Å²) in [6.07, 6.45) is 9.05. The van der Waals surface area contributed by atoms with Gasteiger partial charge >= 0.3 is 0 Å². The molecule has 2 amide bonds. The third-order valence-corrected chi connectivity index (χ3v) is 5.02. The van der Waals surface area contributed by atoms with E-state index in [0.29, 0.717) is 11.6 Å². The van der Waals surface area contributed by atoms with Crippen molar-refractivity contribution in [1.29, 1.82) is 0 Å². The fourth-order valence-corrected chi connectivity index (χ4v) is 3.55. The molecule has 1 aliphatic carbocycles. The molecular weight excluding hydrogens is 386 g/mol. The van der Waals surface area contributed by atoms with E-state index in [4.69, 9.17) is 9.57 Å². The number of nitrogens with one attached hydrogen (secondary N) is 2. The molecule has 0 saturated carbocycles. The van der Waals surface area contributed by atoms with Crippen molar-refractivity contribution in [3.8, 4) is 5.75 Å². The van der Waals surface area contributed by atoms with Gasteiger partial charge in [-0.2, -0.15) is 0 Å². The molecule has 1 aliphatic heterocycles. The summed E-state index contributed by atoms with van der Waals surface area (Å²) in [5.41, 5.74) is 1.62. The number of aromatic nitrogens is 2. The van der Waals surface area contributed by atoms with E-state index in [1.165, 1.54) is 6.33 Å². The fraction of sp³-hybridized carbons (Fsp3) is 0.333. The summed E-state index contributed by atoms with van der Waals surface area (Å²) >= 11 is 0. The van der Waals surface area contributed by atoms with Crippen LogP contribution in [0.25, 0.3) is 10.9 Å². The van der Waals surface area contributed by atoms with Crippen molar-refractivity contribution >= 4 is 28.5 Å². The molecule has 0 fully saturated rings. The van der Waals surface area contributed by atoms with Crippen LogP contribution in [0.5, 0.6) is 5.75 Å². The van der Waals surface area contributed by atoms with Crippen LogP contribution < -0.4 is 20.4 Å². The van der Waals surface area contributed by atoms with Crippen LogP contribution in [0.4, 0.5) is 5.82 Å². The van der Waals surface area contributed by atoms with Gasteiger partial charge in [0.15, 0.2) is 12.4 Å². The van der Waals surface area contributed by atoms with E-state index in [1.54, 1.807) is 30.5 Å². The van der Waals surface area contributed by atoms with Gasteiger partial charge in [0.05, 0.1) is 18.7 Å². The molecule has 9 heteroatoms. The molecule has 4 rings (SSSR count). The minimum Gasteiger partial charge on any atom is -0.484 e. The second-order valence-electron chi connectivity index (χ2n) is 6.98. The molecular formula is C21H23N5O4. The number of nitrogens with zero attached hydrogens (tertiary/aromatic N) is 3. The van der Waals surface area contributed by atoms with E-state index in [2.05, 4.69) is 26.7 Å². The van der Waals surface area contributed by atoms with E-state index in [0.717, 1.165) is 29.3 Å². The minimum atomic E-state index is -0.299. The second-order valence-corrected chi connectivity index (χ2v) is 6.98. The summed E-state index contributed by atoms with van der Waals surface area (Å²) in [5, 5.41) is 7.96. The number of benzene rings is 1. The van der Waals surface area contributed by atoms with Crippen LogP contribution in [0.3, 0.4) is 0 Å². The SMILES string of the molecule is CON1c2ncnc3ccc(cc23)OCC(=O)NCCC(=O)NC=C2C=CCCC21. The van der Waals surface area contributed by atoms with Crippen molar-refractivity contribution in [1.82, 2.24) is 20.6 Å². The van der Waals surface area contributed by atoms with Crippen molar-refractivity contribution in [2.24, 2.45) is 0 Å². The minimum absolute atomic E-state index is 0.143. The van der Waals surface area contributed by atoms with Gasteiger partial charge in [-0.1, -0.05) is 12.2 Å². The highest BCUT2D eigenvalue weighted by molar-refractivity contribution is 5.90. The zero-order valence-electron chi connectivity index (χ0n) is 16.6. The van der Waals surface area contributed by atoms with Crippen molar-refractivity contribution in [3.63, 3.8) is 0 Å². The third-order valence-electron chi connectivity index (χ3n) is 5.02. The molecule has 9 nitrogen and oxygen atoms in total. The molecule has 2 aliphatic rings. The molecule has 1 unspecified atom stereocenters. The molecule has 2 heterocycles. The Kier molecular flexibility index (Phi) is 5.89. The monoisotopic (exact) mass is 409 g/mol. The summed E-state index contributed by atoms with van der Waals surface area (Å²) in [5.74, 6) is 0.620. The molecule has 1 aromatic heterocycles. The number of anilines is 1. The molecule has 2 N–H and O–H groups in total. The Morgan fingerprint density at radius 1 is 1.23 bits per heavy atom. The normalized spacial score (nSPS) is 20.2. The number of fused-ring (bicyclic) bond motifs is 2. The lowest BCUT2D eigenvalue weighted by Gasteiger charge is -2.33. The molecule has 2 aromatic rings. The van der Waals surface area contributed by atoms with Gasteiger partial charge in [-0.3, -0.25) is 14.4 Å². The highest BCUT2D eigenvalue weighted by Crippen LogP contribution is 2.32. The number of allylic oxidation sites excluding steroid dienone is 1. The Bertz CT molecular complexity index is 1020. The lowest BCUT2D eigenvalue weighted by molar-refractivity contribution is -0.123. The molecule has 0 spiro atoms. The van der Waals surface area contributed by atoms with Gasteiger partial charge in [0.1, 0.15) is 12.1 Å². The van der Waals surface area contributed by atoms with Crippen molar-refractivity contribution in [2.75, 3.05) is 25.3 Å². The number of ether oxygens (including phenoxy) is 1. The number of amides is 2. The number of carbonyl (C=O) groups is 2. The van der Waals surface area contributed by atoms with E-state index in [9.17, 15) is 9.59 Å². The van der Waals surface area contributed by atoms with Gasteiger partial charge in [-0.05, 0) is 36.6 Å².